The molecule has 0 amide bonds. The lowest BCUT2D eigenvalue weighted by atomic mass is 10.1. The number of hydrogen-bond donors (Lipinski definition) is 0. The fourth-order valence-electron chi connectivity index (χ4n) is 1.17. The first kappa shape index (κ1) is 14.4. The highest BCUT2D eigenvalue weighted by atomic mass is 35.5. The fourth-order valence-corrected chi connectivity index (χ4v) is 1.23. The lowest BCUT2D eigenvalue weighted by Gasteiger charge is -2.14. The van der Waals surface area contributed by atoms with Gasteiger partial charge in [-0.15, -0.1) is 0 Å². The molecule has 0 aromatic heterocycles. The van der Waals surface area contributed by atoms with Crippen LogP contribution in [0.4, 0.5) is 13.2 Å². The molecule has 96 valence electrons. The van der Waals surface area contributed by atoms with E-state index in [9.17, 15) is 13.2 Å². The SMILES string of the molecule is C/C(=C/Cl)COc1ccc(C#N)cc1C(F)(F)F. The molecule has 0 aliphatic carbocycles. The summed E-state index contributed by atoms with van der Waals surface area (Å²) in [5.41, 5.74) is 0.786. The number of rotatable bonds is 3. The maximum absolute atomic E-state index is 12.7. The number of ether oxygens (including phenoxy) is 1. The van der Waals surface area contributed by atoms with Gasteiger partial charge in [-0.2, -0.15) is 18.4 Å². The molecule has 1 rings (SSSR count). The molecule has 0 N–H and O–H groups in total. The molecule has 2 nitrogen and oxygen atoms in total. The second kappa shape index (κ2) is 5.78. The number of benzene rings is 1. The van der Waals surface area contributed by atoms with Crippen LogP contribution in [-0.2, 0) is 6.18 Å². The number of nitriles is 1. The molecule has 1 aromatic carbocycles. The smallest absolute Gasteiger partial charge is 0.420 e. The van der Waals surface area contributed by atoms with Crippen molar-refractivity contribution in [2.24, 2.45) is 0 Å². The van der Waals surface area contributed by atoms with Crippen LogP contribution in [0, 0.1) is 11.3 Å². The highest BCUT2D eigenvalue weighted by Gasteiger charge is 2.34. The Balaban J connectivity index is 3.08. The Kier molecular flexibility index (Phi) is 4.62. The van der Waals surface area contributed by atoms with Crippen LogP contribution in [-0.4, -0.2) is 6.61 Å². The highest BCUT2D eigenvalue weighted by Crippen LogP contribution is 2.36. The lowest BCUT2D eigenvalue weighted by Crippen LogP contribution is -2.10. The zero-order valence-corrected chi connectivity index (χ0v) is 10.1. The van der Waals surface area contributed by atoms with E-state index in [4.69, 9.17) is 21.6 Å². The van der Waals surface area contributed by atoms with Crippen molar-refractivity contribution in [3.63, 3.8) is 0 Å². The zero-order valence-electron chi connectivity index (χ0n) is 9.38. The van der Waals surface area contributed by atoms with Gasteiger partial charge >= 0.3 is 6.18 Å². The first-order valence-electron chi connectivity index (χ1n) is 4.88. The quantitative estimate of drug-likeness (QED) is 0.832. The van der Waals surface area contributed by atoms with Gasteiger partial charge in [0.05, 0.1) is 17.2 Å². The van der Waals surface area contributed by atoms with Gasteiger partial charge in [0.25, 0.3) is 0 Å². The number of hydrogen-bond acceptors (Lipinski definition) is 2. The number of alkyl halides is 3. The predicted octanol–water partition coefficient (Wildman–Crippen LogP) is 4.10. The van der Waals surface area contributed by atoms with Gasteiger partial charge in [-0.05, 0) is 30.7 Å². The summed E-state index contributed by atoms with van der Waals surface area (Å²) in [7, 11) is 0. The molecule has 0 saturated carbocycles. The van der Waals surface area contributed by atoms with Gasteiger partial charge in [0.15, 0.2) is 0 Å². The molecule has 0 fully saturated rings. The van der Waals surface area contributed by atoms with Crippen molar-refractivity contribution in [1.29, 1.82) is 5.26 Å². The van der Waals surface area contributed by atoms with Crippen molar-refractivity contribution in [3.05, 3.63) is 40.4 Å². The van der Waals surface area contributed by atoms with Gasteiger partial charge < -0.3 is 4.74 Å². The molecule has 18 heavy (non-hydrogen) atoms. The number of nitrogens with zero attached hydrogens (tertiary/aromatic N) is 1. The van der Waals surface area contributed by atoms with Gasteiger partial charge in [-0.1, -0.05) is 11.6 Å². The van der Waals surface area contributed by atoms with E-state index in [2.05, 4.69) is 0 Å². The highest BCUT2D eigenvalue weighted by molar-refractivity contribution is 6.25. The monoisotopic (exact) mass is 275 g/mol. The van der Waals surface area contributed by atoms with Crippen molar-refractivity contribution >= 4 is 11.6 Å². The fraction of sp³-hybridized carbons (Fsp3) is 0.250. The third-order valence-electron chi connectivity index (χ3n) is 2.06. The predicted molar refractivity (Wildman–Crippen MR) is 61.3 cm³/mol. The van der Waals surface area contributed by atoms with Crippen molar-refractivity contribution < 1.29 is 17.9 Å². The maximum atomic E-state index is 12.7. The van der Waals surface area contributed by atoms with E-state index < -0.39 is 11.7 Å². The zero-order chi connectivity index (χ0) is 13.8. The van der Waals surface area contributed by atoms with Crippen LogP contribution < -0.4 is 4.74 Å². The lowest BCUT2D eigenvalue weighted by molar-refractivity contribution is -0.138. The first-order valence-corrected chi connectivity index (χ1v) is 5.32. The second-order valence-corrected chi connectivity index (χ2v) is 3.78. The molecule has 0 unspecified atom stereocenters. The topological polar surface area (TPSA) is 33.0 Å². The second-order valence-electron chi connectivity index (χ2n) is 3.56. The van der Waals surface area contributed by atoms with Crippen molar-refractivity contribution in [2.45, 2.75) is 13.1 Å². The Morgan fingerprint density at radius 1 is 1.50 bits per heavy atom. The van der Waals surface area contributed by atoms with Crippen LogP contribution in [0.15, 0.2) is 29.3 Å². The molecule has 0 atom stereocenters. The summed E-state index contributed by atoms with van der Waals surface area (Å²) in [6.07, 6.45) is -4.57. The Morgan fingerprint density at radius 3 is 2.67 bits per heavy atom. The summed E-state index contributed by atoms with van der Waals surface area (Å²) < 4.78 is 43.3. The summed E-state index contributed by atoms with van der Waals surface area (Å²) >= 11 is 5.39. The van der Waals surface area contributed by atoms with Crippen LogP contribution in [0.2, 0.25) is 0 Å². The Bertz CT molecular complexity index is 503. The molecular weight excluding hydrogens is 267 g/mol. The minimum absolute atomic E-state index is 0.0432. The van der Waals surface area contributed by atoms with Crippen LogP contribution in [0.25, 0.3) is 0 Å². The largest absolute Gasteiger partial charge is 0.489 e. The summed E-state index contributed by atoms with van der Waals surface area (Å²) in [6, 6.07) is 4.81. The Labute approximate surface area is 107 Å². The van der Waals surface area contributed by atoms with E-state index in [1.165, 1.54) is 11.6 Å². The van der Waals surface area contributed by atoms with Gasteiger partial charge in [0.2, 0.25) is 0 Å². The first-order chi connectivity index (χ1) is 8.38. The Morgan fingerprint density at radius 2 is 2.17 bits per heavy atom. The third-order valence-corrected chi connectivity index (χ3v) is 2.43. The van der Waals surface area contributed by atoms with E-state index in [0.29, 0.717) is 5.57 Å². The van der Waals surface area contributed by atoms with Gasteiger partial charge in [-0.3, -0.25) is 0 Å². The van der Waals surface area contributed by atoms with E-state index in [0.717, 1.165) is 12.1 Å². The van der Waals surface area contributed by atoms with Gasteiger partial charge in [0.1, 0.15) is 12.4 Å². The molecule has 0 saturated heterocycles. The van der Waals surface area contributed by atoms with Crippen LogP contribution in [0.3, 0.4) is 0 Å². The van der Waals surface area contributed by atoms with Crippen molar-refractivity contribution in [3.8, 4) is 11.8 Å². The van der Waals surface area contributed by atoms with Gasteiger partial charge in [-0.25, -0.2) is 0 Å². The summed E-state index contributed by atoms with van der Waals surface area (Å²) in [6.45, 7) is 1.59. The van der Waals surface area contributed by atoms with Crippen LogP contribution in [0.1, 0.15) is 18.1 Å². The van der Waals surface area contributed by atoms with Crippen molar-refractivity contribution in [2.75, 3.05) is 6.61 Å². The average Bonchev–Trinajstić information content (AvgIpc) is 2.34. The van der Waals surface area contributed by atoms with E-state index in [1.54, 1.807) is 13.0 Å². The Hall–Kier alpha value is -1.67. The van der Waals surface area contributed by atoms with E-state index in [1.807, 2.05) is 0 Å². The maximum Gasteiger partial charge on any atom is 0.420 e. The van der Waals surface area contributed by atoms with Gasteiger partial charge in [0, 0.05) is 5.54 Å². The molecule has 0 heterocycles. The standard InChI is InChI=1S/C12H9ClF3NO/c1-8(5-13)7-18-11-3-2-9(6-17)4-10(11)12(14,15)16/h2-5H,7H2,1H3/b8-5-. The van der Waals surface area contributed by atoms with E-state index in [-0.39, 0.29) is 17.9 Å². The van der Waals surface area contributed by atoms with Crippen LogP contribution >= 0.6 is 11.6 Å². The van der Waals surface area contributed by atoms with Crippen LogP contribution in [0.5, 0.6) is 5.75 Å². The minimum atomic E-state index is -4.57. The molecular formula is C12H9ClF3NO. The van der Waals surface area contributed by atoms with E-state index >= 15 is 0 Å². The molecule has 0 spiro atoms. The molecule has 6 heteroatoms. The van der Waals surface area contributed by atoms with Crippen molar-refractivity contribution in [1.82, 2.24) is 0 Å². The molecule has 0 aliphatic rings. The number of halogens is 4. The molecule has 1 aromatic rings. The normalized spacial score (nSPS) is 12.1. The summed E-state index contributed by atoms with van der Waals surface area (Å²) in [5, 5.41) is 8.59. The summed E-state index contributed by atoms with van der Waals surface area (Å²) in [5.74, 6) is -0.320. The summed E-state index contributed by atoms with van der Waals surface area (Å²) in [4.78, 5) is 0. The molecule has 0 bridgehead atoms. The molecule has 0 radical (unpaired) electrons. The minimum Gasteiger partial charge on any atom is -0.489 e. The third kappa shape index (κ3) is 3.67. The molecule has 0 aliphatic heterocycles. The average molecular weight is 276 g/mol.